The second kappa shape index (κ2) is 7.36. The smallest absolute Gasteiger partial charge is 0.255 e. The molecule has 128 valence electrons. The second-order valence-electron chi connectivity index (χ2n) is 6.49. The van der Waals surface area contributed by atoms with Crippen molar-refractivity contribution in [2.75, 3.05) is 13.1 Å². The number of carbonyl (C=O) groups is 1. The lowest BCUT2D eigenvalue weighted by molar-refractivity contribution is 0.0928. The Kier molecular flexibility index (Phi) is 5.21. The molecule has 3 rings (SSSR count). The highest BCUT2D eigenvalue weighted by molar-refractivity contribution is 6.30. The molecule has 0 aliphatic carbocycles. The van der Waals surface area contributed by atoms with Gasteiger partial charge in [0.25, 0.3) is 5.91 Å². The van der Waals surface area contributed by atoms with Crippen molar-refractivity contribution in [2.24, 2.45) is 0 Å². The third kappa shape index (κ3) is 3.62. The summed E-state index contributed by atoms with van der Waals surface area (Å²) >= 11 is 6.10. The highest BCUT2D eigenvalue weighted by Gasteiger charge is 2.23. The van der Waals surface area contributed by atoms with Gasteiger partial charge < -0.3 is 10.6 Å². The standard InChI is InChI=1S/C18H23ClN4O/c1-12(2)17-16(18(24)22-14-6-8-20-9-7-14)11-21-23(17)15-5-3-4-13(19)10-15/h3-5,10-12,14,20H,6-9H2,1-2H3,(H,22,24). The number of benzene rings is 1. The summed E-state index contributed by atoms with van der Waals surface area (Å²) in [4.78, 5) is 12.7. The Morgan fingerprint density at radius 3 is 2.79 bits per heavy atom. The average molecular weight is 347 g/mol. The summed E-state index contributed by atoms with van der Waals surface area (Å²) in [7, 11) is 0. The zero-order valence-corrected chi connectivity index (χ0v) is 14.8. The van der Waals surface area contributed by atoms with Gasteiger partial charge in [0.1, 0.15) is 0 Å². The summed E-state index contributed by atoms with van der Waals surface area (Å²) in [6, 6.07) is 7.74. The summed E-state index contributed by atoms with van der Waals surface area (Å²) in [6.45, 7) is 6.03. The Hall–Kier alpha value is -1.85. The van der Waals surface area contributed by atoms with E-state index in [1.807, 2.05) is 28.9 Å². The molecule has 0 unspecified atom stereocenters. The number of halogens is 1. The highest BCUT2D eigenvalue weighted by atomic mass is 35.5. The molecule has 2 N–H and O–H groups in total. The molecule has 2 aromatic rings. The molecule has 1 aliphatic rings. The maximum absolute atomic E-state index is 12.7. The fraction of sp³-hybridized carbons (Fsp3) is 0.444. The summed E-state index contributed by atoms with van der Waals surface area (Å²) in [5.41, 5.74) is 2.42. The molecule has 1 aromatic carbocycles. The van der Waals surface area contributed by atoms with Crippen molar-refractivity contribution in [2.45, 2.75) is 38.6 Å². The quantitative estimate of drug-likeness (QED) is 0.894. The van der Waals surface area contributed by atoms with Crippen molar-refractivity contribution < 1.29 is 4.79 Å². The second-order valence-corrected chi connectivity index (χ2v) is 6.92. The number of amides is 1. The number of hydrogen-bond donors (Lipinski definition) is 2. The van der Waals surface area contributed by atoms with E-state index >= 15 is 0 Å². The number of piperidine rings is 1. The molecule has 1 amide bonds. The van der Waals surface area contributed by atoms with Crippen molar-refractivity contribution in [3.8, 4) is 5.69 Å². The summed E-state index contributed by atoms with van der Waals surface area (Å²) in [5, 5.41) is 11.6. The van der Waals surface area contributed by atoms with Gasteiger partial charge in [0.15, 0.2) is 0 Å². The van der Waals surface area contributed by atoms with E-state index < -0.39 is 0 Å². The van der Waals surface area contributed by atoms with Gasteiger partial charge in [-0.3, -0.25) is 4.79 Å². The van der Waals surface area contributed by atoms with Crippen LogP contribution in [0.1, 0.15) is 48.7 Å². The summed E-state index contributed by atoms with van der Waals surface area (Å²) in [6.07, 6.45) is 3.59. The van der Waals surface area contributed by atoms with Gasteiger partial charge >= 0.3 is 0 Å². The Labute approximate surface area is 147 Å². The Morgan fingerprint density at radius 1 is 1.38 bits per heavy atom. The van der Waals surface area contributed by atoms with Crippen molar-refractivity contribution >= 4 is 17.5 Å². The van der Waals surface area contributed by atoms with Crippen LogP contribution in [-0.4, -0.2) is 34.8 Å². The number of nitrogens with zero attached hydrogens (tertiary/aromatic N) is 2. The van der Waals surface area contributed by atoms with Crippen LogP contribution in [0.5, 0.6) is 0 Å². The van der Waals surface area contributed by atoms with Crippen molar-refractivity contribution in [1.29, 1.82) is 0 Å². The minimum absolute atomic E-state index is 0.0427. The van der Waals surface area contributed by atoms with Gasteiger partial charge in [-0.25, -0.2) is 4.68 Å². The van der Waals surface area contributed by atoms with Gasteiger partial charge in [-0.15, -0.1) is 0 Å². The van der Waals surface area contributed by atoms with E-state index in [-0.39, 0.29) is 17.9 Å². The van der Waals surface area contributed by atoms with Crippen LogP contribution in [0.15, 0.2) is 30.5 Å². The van der Waals surface area contributed by atoms with E-state index in [2.05, 4.69) is 29.6 Å². The Balaban J connectivity index is 1.89. The fourth-order valence-electron chi connectivity index (χ4n) is 3.13. The lowest BCUT2D eigenvalue weighted by Crippen LogP contribution is -2.42. The van der Waals surface area contributed by atoms with Gasteiger partial charge in [-0.1, -0.05) is 31.5 Å². The Bertz CT molecular complexity index is 720. The van der Waals surface area contributed by atoms with Crippen LogP contribution in [-0.2, 0) is 0 Å². The van der Waals surface area contributed by atoms with Crippen LogP contribution >= 0.6 is 11.6 Å². The number of aromatic nitrogens is 2. The van der Waals surface area contributed by atoms with E-state index in [4.69, 9.17) is 11.6 Å². The van der Waals surface area contributed by atoms with Crippen LogP contribution in [0, 0.1) is 0 Å². The van der Waals surface area contributed by atoms with Gasteiger partial charge in [0.2, 0.25) is 0 Å². The third-order valence-electron chi connectivity index (χ3n) is 4.33. The number of nitrogens with one attached hydrogen (secondary N) is 2. The van der Waals surface area contributed by atoms with E-state index in [9.17, 15) is 4.79 Å². The van der Waals surface area contributed by atoms with Crippen molar-refractivity contribution in [3.05, 3.63) is 46.7 Å². The molecule has 1 fully saturated rings. The average Bonchev–Trinajstić information content (AvgIpc) is 3.01. The summed E-state index contributed by atoms with van der Waals surface area (Å²) < 4.78 is 1.81. The largest absolute Gasteiger partial charge is 0.349 e. The first-order chi connectivity index (χ1) is 11.6. The lowest BCUT2D eigenvalue weighted by atomic mass is 10.0. The molecule has 0 saturated carbocycles. The van der Waals surface area contributed by atoms with E-state index in [1.165, 1.54) is 0 Å². The number of hydrogen-bond acceptors (Lipinski definition) is 3. The number of rotatable bonds is 4. The van der Waals surface area contributed by atoms with Crippen LogP contribution < -0.4 is 10.6 Å². The van der Waals surface area contributed by atoms with Crippen LogP contribution in [0.3, 0.4) is 0 Å². The molecule has 1 saturated heterocycles. The molecule has 6 heteroatoms. The maximum Gasteiger partial charge on any atom is 0.255 e. The number of carbonyl (C=O) groups excluding carboxylic acids is 1. The van der Waals surface area contributed by atoms with E-state index in [0.717, 1.165) is 37.3 Å². The molecule has 0 bridgehead atoms. The molecule has 1 aromatic heterocycles. The van der Waals surface area contributed by atoms with E-state index in [0.29, 0.717) is 10.6 Å². The van der Waals surface area contributed by atoms with Crippen LogP contribution in [0.2, 0.25) is 5.02 Å². The molecule has 0 atom stereocenters. The van der Waals surface area contributed by atoms with Crippen molar-refractivity contribution in [3.63, 3.8) is 0 Å². The lowest BCUT2D eigenvalue weighted by Gasteiger charge is -2.24. The Morgan fingerprint density at radius 2 is 2.12 bits per heavy atom. The fourth-order valence-corrected chi connectivity index (χ4v) is 3.32. The van der Waals surface area contributed by atoms with Crippen molar-refractivity contribution in [1.82, 2.24) is 20.4 Å². The normalized spacial score (nSPS) is 15.7. The predicted octanol–water partition coefficient (Wildman–Crippen LogP) is 3.13. The molecule has 1 aliphatic heterocycles. The zero-order valence-electron chi connectivity index (χ0n) is 14.1. The van der Waals surface area contributed by atoms with Gasteiger partial charge in [-0.05, 0) is 50.0 Å². The minimum atomic E-state index is -0.0427. The molecular formula is C18H23ClN4O. The van der Waals surface area contributed by atoms with Gasteiger partial charge in [-0.2, -0.15) is 5.10 Å². The highest BCUT2D eigenvalue weighted by Crippen LogP contribution is 2.24. The van der Waals surface area contributed by atoms with E-state index in [1.54, 1.807) is 6.20 Å². The first kappa shape index (κ1) is 17.0. The molecule has 0 spiro atoms. The zero-order chi connectivity index (χ0) is 17.1. The topological polar surface area (TPSA) is 59.0 Å². The van der Waals surface area contributed by atoms with Crippen LogP contribution in [0.4, 0.5) is 0 Å². The SMILES string of the molecule is CC(C)c1c(C(=O)NC2CCNCC2)cnn1-c1cccc(Cl)c1. The monoisotopic (exact) mass is 346 g/mol. The summed E-state index contributed by atoms with van der Waals surface area (Å²) in [5.74, 6) is 0.124. The molecule has 5 nitrogen and oxygen atoms in total. The molecule has 24 heavy (non-hydrogen) atoms. The minimum Gasteiger partial charge on any atom is -0.349 e. The molecule has 0 radical (unpaired) electrons. The molecular weight excluding hydrogens is 324 g/mol. The predicted molar refractivity (Wildman–Crippen MR) is 96.0 cm³/mol. The third-order valence-corrected chi connectivity index (χ3v) is 4.56. The first-order valence-corrected chi connectivity index (χ1v) is 8.79. The van der Waals surface area contributed by atoms with Gasteiger partial charge in [0, 0.05) is 11.1 Å². The molecule has 2 heterocycles. The van der Waals surface area contributed by atoms with Gasteiger partial charge in [0.05, 0.1) is 23.1 Å². The maximum atomic E-state index is 12.7. The van der Waals surface area contributed by atoms with Crippen LogP contribution in [0.25, 0.3) is 5.69 Å². The first-order valence-electron chi connectivity index (χ1n) is 8.41.